The van der Waals surface area contributed by atoms with Gasteiger partial charge in [0.15, 0.2) is 0 Å². The van der Waals surface area contributed by atoms with Crippen LogP contribution in [0.5, 0.6) is 0 Å². The lowest BCUT2D eigenvalue weighted by Gasteiger charge is -2.00. The third kappa shape index (κ3) is 2.37. The molecule has 0 bridgehead atoms. The minimum atomic E-state index is 0.152. The molecule has 0 aliphatic rings. The molecule has 0 spiro atoms. The number of hydrogen-bond donors (Lipinski definition) is 2. The van der Waals surface area contributed by atoms with Crippen LogP contribution >= 0.6 is 23.4 Å². The lowest BCUT2D eigenvalue weighted by Crippen LogP contribution is -1.94. The Hall–Kier alpha value is -1.34. The van der Waals surface area contributed by atoms with Crippen LogP contribution in [-0.2, 0) is 0 Å². The van der Waals surface area contributed by atoms with Crippen molar-refractivity contribution in [2.24, 2.45) is 0 Å². The Morgan fingerprint density at radius 1 is 1.47 bits per heavy atom. The minimum Gasteiger partial charge on any atom is -0.395 e. The zero-order chi connectivity index (χ0) is 10.8. The molecule has 3 N–H and O–H groups in total. The summed E-state index contributed by atoms with van der Waals surface area (Å²) >= 11 is 6.88. The minimum absolute atomic E-state index is 0.152. The highest BCUT2D eigenvalue weighted by Crippen LogP contribution is 2.27. The topological polar surface area (TPSA) is 93.4 Å². The number of H-pyrrole nitrogens is 1. The Kier molecular flexibility index (Phi) is 2.74. The zero-order valence-corrected chi connectivity index (χ0v) is 9.30. The lowest BCUT2D eigenvalue weighted by atomic mass is 10.6. The molecule has 15 heavy (non-hydrogen) atoms. The van der Waals surface area contributed by atoms with Crippen LogP contribution in [0.1, 0.15) is 5.82 Å². The number of hydrogen-bond acceptors (Lipinski definition) is 6. The predicted molar refractivity (Wildman–Crippen MR) is 56.7 cm³/mol. The molecule has 0 aromatic carbocycles. The van der Waals surface area contributed by atoms with E-state index in [9.17, 15) is 0 Å². The molecule has 0 fully saturated rings. The molecule has 0 unspecified atom stereocenters. The van der Waals surface area contributed by atoms with Gasteiger partial charge in [0.1, 0.15) is 10.9 Å². The summed E-state index contributed by atoms with van der Waals surface area (Å²) in [5.41, 5.74) is 6.12. The Morgan fingerprint density at radius 2 is 2.27 bits per heavy atom. The van der Waals surface area contributed by atoms with Crippen LogP contribution in [0.15, 0.2) is 16.4 Å². The first-order valence-electron chi connectivity index (χ1n) is 4.00. The van der Waals surface area contributed by atoms with Crippen molar-refractivity contribution in [3.05, 3.63) is 17.3 Å². The van der Waals surface area contributed by atoms with E-state index in [1.165, 1.54) is 18.0 Å². The summed E-state index contributed by atoms with van der Waals surface area (Å²) in [6, 6.07) is 0. The van der Waals surface area contributed by atoms with E-state index in [0.717, 1.165) is 5.82 Å². The van der Waals surface area contributed by atoms with Gasteiger partial charge in [-0.2, -0.15) is 0 Å². The van der Waals surface area contributed by atoms with Gasteiger partial charge in [-0.3, -0.25) is 5.10 Å². The van der Waals surface area contributed by atoms with Crippen LogP contribution in [0.3, 0.4) is 0 Å². The predicted octanol–water partition coefficient (Wildman–Crippen LogP) is 1.29. The maximum absolute atomic E-state index is 5.67. The summed E-state index contributed by atoms with van der Waals surface area (Å²) in [7, 11) is 0. The van der Waals surface area contributed by atoms with E-state index >= 15 is 0 Å². The average Bonchev–Trinajstić information content (AvgIpc) is 2.58. The first-order chi connectivity index (χ1) is 7.15. The van der Waals surface area contributed by atoms with Crippen molar-refractivity contribution in [1.82, 2.24) is 25.1 Å². The number of aromatic amines is 1. The smallest absolute Gasteiger partial charge is 0.223 e. The van der Waals surface area contributed by atoms with E-state index < -0.39 is 0 Å². The first-order valence-corrected chi connectivity index (χ1v) is 5.19. The summed E-state index contributed by atoms with van der Waals surface area (Å²) in [5.74, 6) is 0.733. The van der Waals surface area contributed by atoms with Crippen molar-refractivity contribution in [3.8, 4) is 0 Å². The third-order valence-corrected chi connectivity index (χ3v) is 2.58. The second kappa shape index (κ2) is 4.03. The van der Waals surface area contributed by atoms with Gasteiger partial charge < -0.3 is 5.73 Å². The molecule has 0 amide bonds. The summed E-state index contributed by atoms with van der Waals surface area (Å²) in [6.45, 7) is 1.81. The monoisotopic (exact) mass is 242 g/mol. The molecule has 8 heteroatoms. The molecule has 0 saturated heterocycles. The largest absolute Gasteiger partial charge is 0.395 e. The van der Waals surface area contributed by atoms with Crippen molar-refractivity contribution in [3.63, 3.8) is 0 Å². The number of aryl methyl sites for hydroxylation is 1. The van der Waals surface area contributed by atoms with Gasteiger partial charge in [-0.05, 0) is 30.3 Å². The number of nitrogens with zero attached hydrogens (tertiary/aromatic N) is 4. The molecule has 0 saturated carbocycles. The molecule has 2 aromatic rings. The Bertz CT molecular complexity index is 484. The molecule has 2 heterocycles. The van der Waals surface area contributed by atoms with Crippen molar-refractivity contribution < 1.29 is 0 Å². The van der Waals surface area contributed by atoms with Crippen LogP contribution in [0.2, 0.25) is 5.28 Å². The second-order valence-corrected chi connectivity index (χ2v) is 4.00. The molecule has 0 atom stereocenters. The van der Waals surface area contributed by atoms with Gasteiger partial charge in [0.25, 0.3) is 0 Å². The highest BCUT2D eigenvalue weighted by molar-refractivity contribution is 7.99. The summed E-state index contributed by atoms with van der Waals surface area (Å²) in [4.78, 5) is 11.8. The Labute approximate surface area is 94.7 Å². The van der Waals surface area contributed by atoms with Gasteiger partial charge in [0.05, 0.1) is 11.9 Å². The van der Waals surface area contributed by atoms with E-state index in [1.54, 1.807) is 0 Å². The average molecular weight is 243 g/mol. The van der Waals surface area contributed by atoms with E-state index in [1.807, 2.05) is 6.92 Å². The standard InChI is InChI=1S/C7H7ClN6S/c1-3-11-7(14-13-3)15-5-4(9)2-10-6(8)12-5/h2H,9H2,1H3,(H,11,13,14). The number of aromatic nitrogens is 5. The first kappa shape index (κ1) is 10.2. The number of nitrogens with two attached hydrogens (primary N) is 1. The van der Waals surface area contributed by atoms with Crippen molar-refractivity contribution >= 4 is 29.1 Å². The maximum Gasteiger partial charge on any atom is 0.223 e. The Balaban J connectivity index is 2.27. The maximum atomic E-state index is 5.67. The van der Waals surface area contributed by atoms with Gasteiger partial charge in [-0.25, -0.2) is 15.0 Å². The third-order valence-electron chi connectivity index (χ3n) is 1.52. The SMILES string of the molecule is Cc1nc(Sc2nc(Cl)ncc2N)n[nH]1. The van der Waals surface area contributed by atoms with Crippen LogP contribution in [0.4, 0.5) is 5.69 Å². The molecule has 0 radical (unpaired) electrons. The number of nitrogen functional groups attached to an aromatic ring is 1. The normalized spacial score (nSPS) is 10.5. The summed E-state index contributed by atoms with van der Waals surface area (Å²) in [5, 5.41) is 7.93. The fourth-order valence-electron chi connectivity index (χ4n) is 0.891. The molecular weight excluding hydrogens is 236 g/mol. The van der Waals surface area contributed by atoms with E-state index in [-0.39, 0.29) is 5.28 Å². The number of halogens is 1. The van der Waals surface area contributed by atoms with E-state index in [4.69, 9.17) is 17.3 Å². The van der Waals surface area contributed by atoms with Gasteiger partial charge in [-0.15, -0.1) is 5.10 Å². The van der Waals surface area contributed by atoms with Crippen molar-refractivity contribution in [2.45, 2.75) is 17.1 Å². The quantitative estimate of drug-likeness (QED) is 0.609. The molecule has 0 aliphatic carbocycles. The zero-order valence-electron chi connectivity index (χ0n) is 7.73. The van der Waals surface area contributed by atoms with E-state index in [0.29, 0.717) is 15.9 Å². The summed E-state index contributed by atoms with van der Waals surface area (Å²) in [6.07, 6.45) is 1.46. The highest BCUT2D eigenvalue weighted by atomic mass is 35.5. The lowest BCUT2D eigenvalue weighted by molar-refractivity contribution is 0.961. The second-order valence-electron chi connectivity index (χ2n) is 2.70. The molecular formula is C7H7ClN6S. The van der Waals surface area contributed by atoms with Gasteiger partial charge in [0, 0.05) is 0 Å². The fourth-order valence-corrected chi connectivity index (χ4v) is 1.82. The number of rotatable bonds is 2. The Morgan fingerprint density at radius 3 is 2.93 bits per heavy atom. The van der Waals surface area contributed by atoms with Gasteiger partial charge >= 0.3 is 0 Å². The highest BCUT2D eigenvalue weighted by Gasteiger charge is 2.08. The number of anilines is 1. The fraction of sp³-hybridized carbons (Fsp3) is 0.143. The van der Waals surface area contributed by atoms with Crippen LogP contribution in [0.25, 0.3) is 0 Å². The van der Waals surface area contributed by atoms with Gasteiger partial charge in [0.2, 0.25) is 10.4 Å². The number of nitrogens with one attached hydrogen (secondary N) is 1. The van der Waals surface area contributed by atoms with Crippen LogP contribution in [-0.4, -0.2) is 25.1 Å². The molecule has 2 rings (SSSR count). The summed E-state index contributed by atoms with van der Waals surface area (Å²) < 4.78 is 0. The van der Waals surface area contributed by atoms with Crippen molar-refractivity contribution in [2.75, 3.05) is 5.73 Å². The molecule has 0 aliphatic heterocycles. The van der Waals surface area contributed by atoms with Crippen LogP contribution in [0, 0.1) is 6.92 Å². The van der Waals surface area contributed by atoms with Gasteiger partial charge in [-0.1, -0.05) is 0 Å². The van der Waals surface area contributed by atoms with E-state index in [2.05, 4.69) is 25.1 Å². The molecule has 6 nitrogen and oxygen atoms in total. The van der Waals surface area contributed by atoms with Crippen molar-refractivity contribution in [1.29, 1.82) is 0 Å². The van der Waals surface area contributed by atoms with Crippen LogP contribution < -0.4 is 5.73 Å². The molecule has 78 valence electrons. The molecule has 2 aromatic heterocycles.